The number of para-hydroxylation sites is 2. The summed E-state index contributed by atoms with van der Waals surface area (Å²) in [6, 6.07) is 46.4. The number of hydrogen-bond acceptors (Lipinski definition) is 3. The van der Waals surface area contributed by atoms with E-state index in [2.05, 4.69) is 145 Å². The average molecular weight is 508 g/mol. The van der Waals surface area contributed by atoms with E-state index < -0.39 is 0 Å². The maximum atomic E-state index is 6.19. The number of allylic oxidation sites excluding steroid dienone is 1. The largest absolute Gasteiger partial charge is 0.403 e. The number of rotatable bonds is 8. The molecule has 0 aliphatic carbocycles. The third-order valence-electron chi connectivity index (χ3n) is 6.58. The SMILES string of the molecule is Cc1cccc(N(C(/C=C\c2ccc(N(c3ccccc3)c3cccc(C)c3)cc2)=C/N)c2ccccc2)c1. The summed E-state index contributed by atoms with van der Waals surface area (Å²) in [6.07, 6.45) is 5.84. The predicted octanol–water partition coefficient (Wildman–Crippen LogP) is 9.42. The lowest BCUT2D eigenvalue weighted by molar-refractivity contribution is 1.19. The minimum atomic E-state index is 0.890. The summed E-state index contributed by atoms with van der Waals surface area (Å²) >= 11 is 0. The molecule has 39 heavy (non-hydrogen) atoms. The summed E-state index contributed by atoms with van der Waals surface area (Å²) in [5.41, 5.74) is 16.1. The Hall–Kier alpha value is -5.02. The van der Waals surface area contributed by atoms with Gasteiger partial charge in [-0.15, -0.1) is 0 Å². The summed E-state index contributed by atoms with van der Waals surface area (Å²) < 4.78 is 0. The zero-order valence-corrected chi connectivity index (χ0v) is 22.4. The Morgan fingerprint density at radius 2 is 1.05 bits per heavy atom. The highest BCUT2D eigenvalue weighted by atomic mass is 15.2. The molecule has 3 nitrogen and oxygen atoms in total. The zero-order valence-electron chi connectivity index (χ0n) is 22.4. The van der Waals surface area contributed by atoms with E-state index in [1.54, 1.807) is 6.20 Å². The molecule has 3 heteroatoms. The van der Waals surface area contributed by atoms with Gasteiger partial charge >= 0.3 is 0 Å². The van der Waals surface area contributed by atoms with Gasteiger partial charge in [0.05, 0.1) is 5.70 Å². The van der Waals surface area contributed by atoms with Gasteiger partial charge in [0.2, 0.25) is 0 Å². The quantitative estimate of drug-likeness (QED) is 0.212. The van der Waals surface area contributed by atoms with Gasteiger partial charge < -0.3 is 15.5 Å². The minimum Gasteiger partial charge on any atom is -0.403 e. The number of nitrogens with zero attached hydrogens (tertiary/aromatic N) is 2. The van der Waals surface area contributed by atoms with Gasteiger partial charge in [-0.1, -0.05) is 78.9 Å². The first-order valence-corrected chi connectivity index (χ1v) is 13.2. The lowest BCUT2D eigenvalue weighted by atomic mass is 10.1. The van der Waals surface area contributed by atoms with Gasteiger partial charge in [0.25, 0.3) is 0 Å². The number of benzene rings is 5. The highest BCUT2D eigenvalue weighted by Gasteiger charge is 2.14. The van der Waals surface area contributed by atoms with Crippen molar-refractivity contribution < 1.29 is 0 Å². The Kier molecular flexibility index (Phi) is 7.89. The summed E-state index contributed by atoms with van der Waals surface area (Å²) in [4.78, 5) is 4.45. The van der Waals surface area contributed by atoms with Crippen LogP contribution in [-0.2, 0) is 0 Å². The number of anilines is 5. The van der Waals surface area contributed by atoms with Crippen LogP contribution in [0.15, 0.2) is 151 Å². The summed E-state index contributed by atoms with van der Waals surface area (Å²) in [6.45, 7) is 4.23. The molecule has 5 aromatic carbocycles. The highest BCUT2D eigenvalue weighted by Crippen LogP contribution is 2.35. The van der Waals surface area contributed by atoms with Crippen LogP contribution in [-0.4, -0.2) is 0 Å². The topological polar surface area (TPSA) is 32.5 Å². The van der Waals surface area contributed by atoms with E-state index in [1.807, 2.05) is 24.3 Å². The fraction of sp³-hybridized carbons (Fsp3) is 0.0556. The van der Waals surface area contributed by atoms with Crippen LogP contribution in [0, 0.1) is 13.8 Å². The Morgan fingerprint density at radius 3 is 1.64 bits per heavy atom. The van der Waals surface area contributed by atoms with Gasteiger partial charge in [0.1, 0.15) is 0 Å². The number of hydrogen-bond donors (Lipinski definition) is 1. The maximum Gasteiger partial charge on any atom is 0.0616 e. The smallest absolute Gasteiger partial charge is 0.0616 e. The number of aryl methyl sites for hydroxylation is 2. The van der Waals surface area contributed by atoms with E-state index in [-0.39, 0.29) is 0 Å². The number of nitrogens with two attached hydrogens (primary N) is 1. The summed E-state index contributed by atoms with van der Waals surface area (Å²) in [5.74, 6) is 0. The molecular weight excluding hydrogens is 474 g/mol. The van der Waals surface area contributed by atoms with Crippen LogP contribution in [0.3, 0.4) is 0 Å². The molecule has 5 rings (SSSR count). The van der Waals surface area contributed by atoms with Gasteiger partial charge in [-0.05, 0) is 97.3 Å². The van der Waals surface area contributed by atoms with E-state index in [1.165, 1.54) is 11.1 Å². The molecule has 0 radical (unpaired) electrons. The van der Waals surface area contributed by atoms with Crippen molar-refractivity contribution in [3.63, 3.8) is 0 Å². The molecule has 0 spiro atoms. The predicted molar refractivity (Wildman–Crippen MR) is 167 cm³/mol. The maximum absolute atomic E-state index is 6.19. The second-order valence-electron chi connectivity index (χ2n) is 9.54. The van der Waals surface area contributed by atoms with Crippen molar-refractivity contribution >= 4 is 34.5 Å². The van der Waals surface area contributed by atoms with Gasteiger partial charge in [0, 0.05) is 34.6 Å². The van der Waals surface area contributed by atoms with Crippen LogP contribution in [0.25, 0.3) is 6.08 Å². The van der Waals surface area contributed by atoms with Gasteiger partial charge in [-0.2, -0.15) is 0 Å². The lowest BCUT2D eigenvalue weighted by Gasteiger charge is -2.26. The van der Waals surface area contributed by atoms with Gasteiger partial charge in [0.15, 0.2) is 0 Å². The third-order valence-corrected chi connectivity index (χ3v) is 6.58. The fourth-order valence-electron chi connectivity index (χ4n) is 4.70. The molecule has 0 amide bonds. The van der Waals surface area contributed by atoms with Crippen molar-refractivity contribution in [2.45, 2.75) is 13.8 Å². The first-order chi connectivity index (χ1) is 19.1. The molecule has 0 aromatic heterocycles. The molecule has 0 saturated carbocycles. The molecule has 5 aromatic rings. The van der Waals surface area contributed by atoms with Crippen molar-refractivity contribution in [1.29, 1.82) is 0 Å². The van der Waals surface area contributed by atoms with Gasteiger partial charge in [-0.3, -0.25) is 0 Å². The third kappa shape index (κ3) is 6.11. The molecule has 0 heterocycles. The van der Waals surface area contributed by atoms with Crippen LogP contribution in [0.2, 0.25) is 0 Å². The van der Waals surface area contributed by atoms with E-state index in [0.29, 0.717) is 0 Å². The van der Waals surface area contributed by atoms with Crippen molar-refractivity contribution in [3.05, 3.63) is 168 Å². The van der Waals surface area contributed by atoms with Crippen LogP contribution >= 0.6 is 0 Å². The van der Waals surface area contributed by atoms with Crippen molar-refractivity contribution in [3.8, 4) is 0 Å². The minimum absolute atomic E-state index is 0.890. The van der Waals surface area contributed by atoms with Crippen LogP contribution in [0.5, 0.6) is 0 Å². The molecule has 2 N–H and O–H groups in total. The molecule has 0 aliphatic heterocycles. The Morgan fingerprint density at radius 1 is 0.538 bits per heavy atom. The molecule has 0 bridgehead atoms. The molecule has 0 aliphatic rings. The Bertz CT molecular complexity index is 1570. The molecular formula is C36H33N3. The normalized spacial score (nSPS) is 11.5. The molecule has 0 saturated heterocycles. The molecule has 192 valence electrons. The second-order valence-corrected chi connectivity index (χ2v) is 9.54. The van der Waals surface area contributed by atoms with Crippen LogP contribution < -0.4 is 15.5 Å². The van der Waals surface area contributed by atoms with Crippen LogP contribution in [0.1, 0.15) is 16.7 Å². The monoisotopic (exact) mass is 507 g/mol. The van der Waals surface area contributed by atoms with Crippen LogP contribution in [0.4, 0.5) is 28.4 Å². The van der Waals surface area contributed by atoms with Crippen molar-refractivity contribution in [2.75, 3.05) is 9.80 Å². The standard InChI is InChI=1S/C36H33N3/c1-28-11-9-17-34(25-28)38(31-13-5-3-6-14-31)33-22-19-30(20-23-33)21-24-36(27-37)39(32-15-7-4-8-16-32)35-18-10-12-29(2)26-35/h3-27H,37H2,1-2H3/b24-21-,36-27+. The van der Waals surface area contributed by atoms with E-state index in [0.717, 1.165) is 39.7 Å². The van der Waals surface area contributed by atoms with Crippen molar-refractivity contribution in [2.24, 2.45) is 5.73 Å². The molecule has 0 fully saturated rings. The van der Waals surface area contributed by atoms with Crippen molar-refractivity contribution in [1.82, 2.24) is 0 Å². The zero-order chi connectivity index (χ0) is 27.0. The first kappa shape index (κ1) is 25.6. The molecule has 0 atom stereocenters. The lowest BCUT2D eigenvalue weighted by Crippen LogP contribution is -2.16. The van der Waals surface area contributed by atoms with Gasteiger partial charge in [-0.25, -0.2) is 0 Å². The summed E-state index contributed by atoms with van der Waals surface area (Å²) in [5, 5.41) is 0. The highest BCUT2D eigenvalue weighted by molar-refractivity contribution is 5.78. The summed E-state index contributed by atoms with van der Waals surface area (Å²) in [7, 11) is 0. The Labute approximate surface area is 231 Å². The second kappa shape index (κ2) is 12.0. The van der Waals surface area contributed by atoms with E-state index >= 15 is 0 Å². The first-order valence-electron chi connectivity index (χ1n) is 13.2. The fourth-order valence-corrected chi connectivity index (χ4v) is 4.70. The van der Waals surface area contributed by atoms with E-state index in [9.17, 15) is 0 Å². The van der Waals surface area contributed by atoms with E-state index in [4.69, 9.17) is 5.73 Å². The molecule has 0 unspecified atom stereocenters. The average Bonchev–Trinajstić information content (AvgIpc) is 2.97. The Balaban J connectivity index is 1.46.